The van der Waals surface area contributed by atoms with Gasteiger partial charge in [0.1, 0.15) is 21.5 Å². The predicted molar refractivity (Wildman–Crippen MR) is 124 cm³/mol. The molecule has 4 rings (SSSR count). The van der Waals surface area contributed by atoms with Gasteiger partial charge in [-0.05, 0) is 61.6 Å². The summed E-state index contributed by atoms with van der Waals surface area (Å²) in [5, 5.41) is 17.2. The number of carbonyl (C=O) groups is 1. The molecule has 0 bridgehead atoms. The maximum atomic E-state index is 13.5. The number of fused-ring (bicyclic) bond motifs is 1. The lowest BCUT2D eigenvalue weighted by Crippen LogP contribution is -2.43. The molecule has 8 nitrogen and oxygen atoms in total. The molecule has 1 aromatic rings. The molecule has 0 radical (unpaired) electrons. The van der Waals surface area contributed by atoms with E-state index in [1.54, 1.807) is 12.1 Å². The highest BCUT2D eigenvalue weighted by atomic mass is 35.5. The molecule has 11 heteroatoms. The number of hydrogen-bond acceptors (Lipinski definition) is 7. The Labute approximate surface area is 198 Å². The van der Waals surface area contributed by atoms with Gasteiger partial charge in [0.25, 0.3) is 5.91 Å². The Morgan fingerprint density at radius 2 is 1.88 bits per heavy atom. The van der Waals surface area contributed by atoms with Crippen LogP contribution >= 0.6 is 11.6 Å². The number of nitrogens with one attached hydrogen (secondary N) is 1. The van der Waals surface area contributed by atoms with Crippen molar-refractivity contribution in [3.05, 3.63) is 40.4 Å². The van der Waals surface area contributed by atoms with Gasteiger partial charge in [0.2, 0.25) is 0 Å². The summed E-state index contributed by atoms with van der Waals surface area (Å²) >= 11 is 5.84. The number of rotatable bonds is 5. The van der Waals surface area contributed by atoms with Crippen molar-refractivity contribution in [2.45, 2.75) is 37.3 Å². The third-order valence-electron chi connectivity index (χ3n) is 7.36. The lowest BCUT2D eigenvalue weighted by atomic mass is 9.87. The first-order valence-electron chi connectivity index (χ1n) is 10.9. The number of sulfone groups is 1. The molecule has 1 aromatic carbocycles. The molecule has 2 fully saturated rings. The van der Waals surface area contributed by atoms with E-state index >= 15 is 0 Å². The molecule has 0 aromatic heterocycles. The summed E-state index contributed by atoms with van der Waals surface area (Å²) in [6, 6.07) is 3.72. The Bertz CT molecular complexity index is 1100. The van der Waals surface area contributed by atoms with Gasteiger partial charge in [-0.1, -0.05) is 11.6 Å². The Hall–Kier alpha value is -1.88. The minimum absolute atomic E-state index is 0.0860. The van der Waals surface area contributed by atoms with Crippen LogP contribution in [-0.2, 0) is 14.6 Å². The molecule has 2 saturated carbocycles. The van der Waals surface area contributed by atoms with Crippen molar-refractivity contribution in [3.8, 4) is 0 Å². The van der Waals surface area contributed by atoms with Gasteiger partial charge < -0.3 is 16.2 Å². The standard InChI is InChI=1S/C22H30ClFN4O4S/c1-27-19(12-6-13-9-22(30,10-14(13)7-12)11-33(3,31)32)18(20(25)28(27)2)21(29)26-15-4-5-17(24)16(23)8-15/h4-5,8,12-14,19,30H,6-7,9-11,25H2,1-3H3,(H,26,29). The van der Waals surface area contributed by atoms with Crippen LogP contribution in [0.1, 0.15) is 25.7 Å². The minimum atomic E-state index is -3.28. The van der Waals surface area contributed by atoms with Gasteiger partial charge in [0.05, 0.1) is 28.0 Å². The molecule has 2 aliphatic carbocycles. The lowest BCUT2D eigenvalue weighted by Gasteiger charge is -2.33. The van der Waals surface area contributed by atoms with Gasteiger partial charge in [-0.25, -0.2) is 17.8 Å². The average Bonchev–Trinajstić information content (AvgIpc) is 3.26. The van der Waals surface area contributed by atoms with Crippen LogP contribution < -0.4 is 11.1 Å². The highest BCUT2D eigenvalue weighted by molar-refractivity contribution is 7.90. The Kier molecular flexibility index (Phi) is 6.18. The molecule has 33 heavy (non-hydrogen) atoms. The summed E-state index contributed by atoms with van der Waals surface area (Å²) < 4.78 is 37.0. The van der Waals surface area contributed by atoms with Crippen LogP contribution in [0.5, 0.6) is 0 Å². The topological polar surface area (TPSA) is 116 Å². The zero-order valence-electron chi connectivity index (χ0n) is 18.9. The second-order valence-electron chi connectivity index (χ2n) is 9.88. The third kappa shape index (κ3) is 4.71. The van der Waals surface area contributed by atoms with Crippen molar-refractivity contribution in [1.82, 2.24) is 10.0 Å². The number of hydrogen-bond donors (Lipinski definition) is 3. The summed E-state index contributed by atoms with van der Waals surface area (Å²) in [7, 11) is 0.386. The van der Waals surface area contributed by atoms with Crippen molar-refractivity contribution in [3.63, 3.8) is 0 Å². The van der Waals surface area contributed by atoms with Crippen LogP contribution in [0.3, 0.4) is 0 Å². The lowest BCUT2D eigenvalue weighted by molar-refractivity contribution is -0.113. The molecular weight excluding hydrogens is 471 g/mol. The smallest absolute Gasteiger partial charge is 0.256 e. The van der Waals surface area contributed by atoms with E-state index in [2.05, 4.69) is 5.32 Å². The van der Waals surface area contributed by atoms with E-state index in [1.165, 1.54) is 18.2 Å². The molecule has 3 aliphatic rings. The molecule has 4 N–H and O–H groups in total. The number of aliphatic hydroxyl groups is 1. The highest BCUT2D eigenvalue weighted by Crippen LogP contribution is 2.53. The molecule has 3 unspecified atom stereocenters. The summed E-state index contributed by atoms with van der Waals surface area (Å²) in [4.78, 5) is 13.2. The number of halogens is 2. The molecule has 0 saturated heterocycles. The first kappa shape index (κ1) is 24.3. The molecule has 3 atom stereocenters. The van der Waals surface area contributed by atoms with E-state index in [1.807, 2.05) is 12.1 Å². The van der Waals surface area contributed by atoms with E-state index in [0.29, 0.717) is 29.9 Å². The van der Waals surface area contributed by atoms with E-state index in [4.69, 9.17) is 17.3 Å². The first-order valence-corrected chi connectivity index (χ1v) is 13.3. The number of benzene rings is 1. The minimum Gasteiger partial charge on any atom is -0.389 e. The molecule has 0 spiro atoms. The van der Waals surface area contributed by atoms with Crippen molar-refractivity contribution in [2.75, 3.05) is 31.4 Å². The molecule has 1 aliphatic heterocycles. The van der Waals surface area contributed by atoms with Gasteiger partial charge in [-0.3, -0.25) is 9.80 Å². The van der Waals surface area contributed by atoms with Crippen LogP contribution in [0.15, 0.2) is 29.6 Å². The second-order valence-corrected chi connectivity index (χ2v) is 12.4. The predicted octanol–water partition coefficient (Wildman–Crippen LogP) is 1.96. The van der Waals surface area contributed by atoms with E-state index < -0.39 is 21.3 Å². The van der Waals surface area contributed by atoms with Crippen molar-refractivity contribution >= 4 is 33.0 Å². The number of nitrogens with zero attached hydrogens (tertiary/aromatic N) is 2. The van der Waals surface area contributed by atoms with Crippen LogP contribution in [0, 0.1) is 23.6 Å². The number of likely N-dealkylation sites (N-methyl/N-ethyl adjacent to an activating group) is 1. The zero-order valence-corrected chi connectivity index (χ0v) is 20.5. The molecule has 182 valence electrons. The number of nitrogens with two attached hydrogens (primary N) is 1. The summed E-state index contributed by atoms with van der Waals surface area (Å²) in [6.07, 6.45) is 3.58. The molecular formula is C22H30ClFN4O4S. The van der Waals surface area contributed by atoms with E-state index in [-0.39, 0.29) is 40.5 Å². The van der Waals surface area contributed by atoms with E-state index in [9.17, 15) is 22.7 Å². The number of anilines is 1. The van der Waals surface area contributed by atoms with Crippen LogP contribution in [0.2, 0.25) is 5.02 Å². The van der Waals surface area contributed by atoms with Gasteiger partial charge in [-0.15, -0.1) is 0 Å². The second kappa shape index (κ2) is 8.41. The monoisotopic (exact) mass is 500 g/mol. The van der Waals surface area contributed by atoms with Crippen molar-refractivity contribution < 1.29 is 22.7 Å². The third-order valence-corrected chi connectivity index (χ3v) is 8.71. The Morgan fingerprint density at radius 3 is 2.42 bits per heavy atom. The van der Waals surface area contributed by atoms with Crippen molar-refractivity contribution in [1.29, 1.82) is 0 Å². The number of carbonyl (C=O) groups excluding carboxylic acids is 1. The maximum absolute atomic E-state index is 13.5. The molecule has 1 heterocycles. The SMILES string of the molecule is CN1C(N)=C(C(=O)Nc2ccc(F)c(Cl)c2)C(C2CC3CC(O)(CS(C)(=O)=O)CC3C2)N1C. The fraction of sp³-hybridized carbons (Fsp3) is 0.591. The average molecular weight is 501 g/mol. The summed E-state index contributed by atoms with van der Waals surface area (Å²) in [6.45, 7) is 0. The normalized spacial score (nSPS) is 32.5. The maximum Gasteiger partial charge on any atom is 0.256 e. The van der Waals surface area contributed by atoms with Gasteiger partial charge >= 0.3 is 0 Å². The first-order chi connectivity index (χ1) is 15.3. The fourth-order valence-corrected chi connectivity index (χ4v) is 7.51. The fourth-order valence-electron chi connectivity index (χ4n) is 6.11. The highest BCUT2D eigenvalue weighted by Gasteiger charge is 2.53. The van der Waals surface area contributed by atoms with Gasteiger partial charge in [-0.2, -0.15) is 0 Å². The van der Waals surface area contributed by atoms with Crippen LogP contribution in [0.25, 0.3) is 0 Å². The van der Waals surface area contributed by atoms with Crippen LogP contribution in [0.4, 0.5) is 10.1 Å². The summed E-state index contributed by atoms with van der Waals surface area (Å²) in [5.74, 6) is -0.301. The Morgan fingerprint density at radius 1 is 1.27 bits per heavy atom. The van der Waals surface area contributed by atoms with Gasteiger partial charge in [0, 0.05) is 26.0 Å². The number of amides is 1. The van der Waals surface area contributed by atoms with Crippen LogP contribution in [-0.4, -0.2) is 67.2 Å². The Balaban J connectivity index is 1.51. The van der Waals surface area contributed by atoms with Crippen molar-refractivity contribution in [2.24, 2.45) is 23.5 Å². The largest absolute Gasteiger partial charge is 0.389 e. The quantitative estimate of drug-likeness (QED) is 0.566. The van der Waals surface area contributed by atoms with E-state index in [0.717, 1.165) is 19.1 Å². The molecule has 1 amide bonds. The zero-order chi connectivity index (χ0) is 24.3. The summed E-state index contributed by atoms with van der Waals surface area (Å²) in [5.41, 5.74) is 5.95. The van der Waals surface area contributed by atoms with Gasteiger partial charge in [0.15, 0.2) is 0 Å². The number of hydrazine groups is 1.